The van der Waals surface area contributed by atoms with Crippen LogP contribution in [0.1, 0.15) is 5.56 Å². The number of aromatic hydroxyl groups is 1. The zero-order valence-corrected chi connectivity index (χ0v) is 10.1. The third kappa shape index (κ3) is 3.61. The Morgan fingerprint density at radius 2 is 1.79 bits per heavy atom. The normalized spacial score (nSPS) is 10.5. The molecule has 96 valence electrons. The van der Waals surface area contributed by atoms with Gasteiger partial charge in [0.15, 0.2) is 0 Å². The van der Waals surface area contributed by atoms with Crippen molar-refractivity contribution in [3.63, 3.8) is 0 Å². The van der Waals surface area contributed by atoms with Crippen molar-refractivity contribution in [1.29, 1.82) is 0 Å². The van der Waals surface area contributed by atoms with Crippen LogP contribution in [0.5, 0.6) is 5.75 Å². The van der Waals surface area contributed by atoms with Gasteiger partial charge in [-0.2, -0.15) is 0 Å². The molecule has 0 aliphatic rings. The van der Waals surface area contributed by atoms with Gasteiger partial charge in [0.05, 0.1) is 0 Å². The Hall–Kier alpha value is -2.75. The zero-order chi connectivity index (χ0) is 13.7. The second-order valence-electron chi connectivity index (χ2n) is 3.94. The van der Waals surface area contributed by atoms with E-state index in [1.54, 1.807) is 12.1 Å². The van der Waals surface area contributed by atoms with Crippen LogP contribution < -0.4 is 5.32 Å². The monoisotopic (exact) mass is 255 g/mol. The molecule has 0 fully saturated rings. The van der Waals surface area contributed by atoms with Gasteiger partial charge in [-0.1, -0.05) is 18.2 Å². The highest BCUT2D eigenvalue weighted by Crippen LogP contribution is 2.25. The predicted octanol–water partition coefficient (Wildman–Crippen LogP) is 3.23. The van der Waals surface area contributed by atoms with E-state index in [9.17, 15) is 9.90 Å². The number of carboxylic acids is 1. The molecule has 0 heterocycles. The summed E-state index contributed by atoms with van der Waals surface area (Å²) in [5, 5.41) is 21.4. The van der Waals surface area contributed by atoms with Crippen LogP contribution in [-0.2, 0) is 4.79 Å². The molecule has 0 spiro atoms. The molecule has 0 aliphatic carbocycles. The molecular weight excluding hydrogens is 242 g/mol. The predicted molar refractivity (Wildman–Crippen MR) is 74.5 cm³/mol. The number of para-hydroxylation sites is 1. The molecule has 3 N–H and O–H groups in total. The fourth-order valence-electron chi connectivity index (χ4n) is 1.61. The zero-order valence-electron chi connectivity index (χ0n) is 10.1. The van der Waals surface area contributed by atoms with Gasteiger partial charge in [-0.05, 0) is 36.4 Å². The van der Waals surface area contributed by atoms with Crippen LogP contribution in [0.15, 0.2) is 54.6 Å². The van der Waals surface area contributed by atoms with E-state index in [0.29, 0.717) is 5.56 Å². The van der Waals surface area contributed by atoms with Gasteiger partial charge < -0.3 is 15.5 Å². The number of nitrogens with one attached hydrogen (secondary N) is 1. The van der Waals surface area contributed by atoms with Gasteiger partial charge in [-0.25, -0.2) is 4.79 Å². The average molecular weight is 255 g/mol. The molecule has 4 nitrogen and oxygen atoms in total. The number of carbonyl (C=O) groups is 1. The molecule has 0 atom stereocenters. The summed E-state index contributed by atoms with van der Waals surface area (Å²) in [5.41, 5.74) is 2.14. The molecule has 0 bridgehead atoms. The van der Waals surface area contributed by atoms with E-state index >= 15 is 0 Å². The first kappa shape index (κ1) is 12.7. The number of phenolic OH excluding ortho intramolecular Hbond substituents is 1. The first-order valence-corrected chi connectivity index (χ1v) is 5.71. The molecule has 0 saturated carbocycles. The molecule has 2 aromatic rings. The van der Waals surface area contributed by atoms with Crippen molar-refractivity contribution in [2.24, 2.45) is 0 Å². The lowest BCUT2D eigenvalue weighted by molar-refractivity contribution is -0.131. The maximum atomic E-state index is 10.5. The van der Waals surface area contributed by atoms with Crippen molar-refractivity contribution in [2.75, 3.05) is 5.32 Å². The third-order valence-electron chi connectivity index (χ3n) is 2.50. The lowest BCUT2D eigenvalue weighted by Gasteiger charge is -2.08. The number of aliphatic carboxylic acids is 1. The van der Waals surface area contributed by atoms with Crippen LogP contribution in [0.25, 0.3) is 6.08 Å². The molecule has 0 amide bonds. The average Bonchev–Trinajstić information content (AvgIpc) is 2.40. The summed E-state index contributed by atoms with van der Waals surface area (Å²) in [7, 11) is 0. The number of carboxylic acid groups (broad SMARTS) is 1. The minimum atomic E-state index is -1.05. The van der Waals surface area contributed by atoms with E-state index < -0.39 is 5.97 Å². The summed E-state index contributed by atoms with van der Waals surface area (Å²) in [4.78, 5) is 10.5. The first-order chi connectivity index (χ1) is 9.15. The Labute approximate surface area is 110 Å². The number of phenols is 1. The Balaban J connectivity index is 2.23. The summed E-state index contributed by atoms with van der Waals surface area (Å²) in [6.45, 7) is 0. The van der Waals surface area contributed by atoms with Crippen molar-refractivity contribution >= 4 is 23.4 Å². The Kier molecular flexibility index (Phi) is 3.83. The maximum Gasteiger partial charge on any atom is 0.328 e. The molecular formula is C15H13NO3. The SMILES string of the molecule is O=C(O)/C=C/c1cc(Nc2ccccc2)ccc1O. The van der Waals surface area contributed by atoms with E-state index in [0.717, 1.165) is 17.5 Å². The Morgan fingerprint density at radius 1 is 1.05 bits per heavy atom. The van der Waals surface area contributed by atoms with Crippen molar-refractivity contribution in [3.05, 3.63) is 60.2 Å². The molecule has 0 radical (unpaired) electrons. The molecule has 2 aromatic carbocycles. The van der Waals surface area contributed by atoms with Crippen molar-refractivity contribution < 1.29 is 15.0 Å². The number of benzene rings is 2. The van der Waals surface area contributed by atoms with Gasteiger partial charge >= 0.3 is 5.97 Å². The number of hydrogen-bond donors (Lipinski definition) is 3. The van der Waals surface area contributed by atoms with Crippen LogP contribution in [0, 0.1) is 0 Å². The fourth-order valence-corrected chi connectivity index (χ4v) is 1.61. The van der Waals surface area contributed by atoms with Gasteiger partial charge in [0.2, 0.25) is 0 Å². The van der Waals surface area contributed by atoms with E-state index in [2.05, 4.69) is 5.32 Å². The van der Waals surface area contributed by atoms with Gasteiger partial charge in [-0.15, -0.1) is 0 Å². The largest absolute Gasteiger partial charge is 0.507 e. The molecule has 0 aromatic heterocycles. The molecule has 2 rings (SSSR count). The van der Waals surface area contributed by atoms with Crippen LogP contribution in [-0.4, -0.2) is 16.2 Å². The van der Waals surface area contributed by atoms with Gasteiger partial charge in [0.25, 0.3) is 0 Å². The summed E-state index contributed by atoms with van der Waals surface area (Å²) < 4.78 is 0. The van der Waals surface area contributed by atoms with E-state index in [-0.39, 0.29) is 5.75 Å². The Morgan fingerprint density at radius 3 is 2.47 bits per heavy atom. The minimum Gasteiger partial charge on any atom is -0.507 e. The molecule has 19 heavy (non-hydrogen) atoms. The van der Waals surface area contributed by atoms with Crippen LogP contribution in [0.3, 0.4) is 0 Å². The number of anilines is 2. The van der Waals surface area contributed by atoms with Crippen molar-refractivity contribution in [1.82, 2.24) is 0 Å². The van der Waals surface area contributed by atoms with Crippen molar-refractivity contribution in [3.8, 4) is 5.75 Å². The standard InChI is InChI=1S/C15H13NO3/c17-14-8-7-13(10-11(14)6-9-15(18)19)16-12-4-2-1-3-5-12/h1-10,16-17H,(H,18,19)/b9-6+. The third-order valence-corrected chi connectivity index (χ3v) is 2.50. The minimum absolute atomic E-state index is 0.0381. The smallest absolute Gasteiger partial charge is 0.328 e. The summed E-state index contributed by atoms with van der Waals surface area (Å²) in [6.07, 6.45) is 2.34. The van der Waals surface area contributed by atoms with E-state index in [4.69, 9.17) is 5.11 Å². The topological polar surface area (TPSA) is 69.6 Å². The van der Waals surface area contributed by atoms with Gasteiger partial charge in [0, 0.05) is 23.0 Å². The van der Waals surface area contributed by atoms with Gasteiger partial charge in [-0.3, -0.25) is 0 Å². The highest BCUT2D eigenvalue weighted by Gasteiger charge is 2.01. The van der Waals surface area contributed by atoms with E-state index in [1.165, 1.54) is 12.1 Å². The number of hydrogen-bond acceptors (Lipinski definition) is 3. The van der Waals surface area contributed by atoms with Crippen LogP contribution in [0.4, 0.5) is 11.4 Å². The lowest BCUT2D eigenvalue weighted by atomic mass is 10.1. The highest BCUT2D eigenvalue weighted by molar-refractivity contribution is 5.86. The maximum absolute atomic E-state index is 10.5. The summed E-state index contributed by atoms with van der Waals surface area (Å²) in [6, 6.07) is 14.5. The second kappa shape index (κ2) is 5.73. The fraction of sp³-hybridized carbons (Fsp3) is 0. The summed E-state index contributed by atoms with van der Waals surface area (Å²) in [5.74, 6) is -1.02. The lowest BCUT2D eigenvalue weighted by Crippen LogP contribution is -1.91. The summed E-state index contributed by atoms with van der Waals surface area (Å²) >= 11 is 0. The van der Waals surface area contributed by atoms with Crippen LogP contribution >= 0.6 is 0 Å². The molecule has 4 heteroatoms. The quantitative estimate of drug-likeness (QED) is 0.579. The first-order valence-electron chi connectivity index (χ1n) is 5.71. The van der Waals surface area contributed by atoms with Gasteiger partial charge in [0.1, 0.15) is 5.75 Å². The highest BCUT2D eigenvalue weighted by atomic mass is 16.4. The molecule has 0 aliphatic heterocycles. The second-order valence-corrected chi connectivity index (χ2v) is 3.94. The molecule has 0 unspecified atom stereocenters. The molecule has 0 saturated heterocycles. The van der Waals surface area contributed by atoms with Crippen LogP contribution in [0.2, 0.25) is 0 Å². The Bertz CT molecular complexity index is 606. The van der Waals surface area contributed by atoms with E-state index in [1.807, 2.05) is 30.3 Å². The van der Waals surface area contributed by atoms with Crippen molar-refractivity contribution in [2.45, 2.75) is 0 Å². The number of rotatable bonds is 4.